The van der Waals surface area contributed by atoms with E-state index < -0.39 is 4.92 Å². The first-order chi connectivity index (χ1) is 10.6. The van der Waals surface area contributed by atoms with Crippen LogP contribution in [-0.4, -0.2) is 22.3 Å². The highest BCUT2D eigenvalue weighted by Gasteiger charge is 2.14. The summed E-state index contributed by atoms with van der Waals surface area (Å²) in [5, 5.41) is 18.9. The van der Waals surface area contributed by atoms with Gasteiger partial charge in [-0.25, -0.2) is 0 Å². The number of nitro groups is 1. The minimum Gasteiger partial charge on any atom is -0.359 e. The SMILES string of the molecule is O=[N+]([O-])c1ccc(Cl)cc1C=NNC(=S)NC1CCCCC1. The zero-order chi connectivity index (χ0) is 15.9. The van der Waals surface area contributed by atoms with Gasteiger partial charge in [-0.05, 0) is 37.2 Å². The maximum absolute atomic E-state index is 10.9. The van der Waals surface area contributed by atoms with Gasteiger partial charge in [-0.3, -0.25) is 15.5 Å². The van der Waals surface area contributed by atoms with Gasteiger partial charge in [0, 0.05) is 17.1 Å². The van der Waals surface area contributed by atoms with E-state index >= 15 is 0 Å². The van der Waals surface area contributed by atoms with Crippen molar-refractivity contribution in [2.45, 2.75) is 38.1 Å². The third-order valence-electron chi connectivity index (χ3n) is 3.50. The molecular formula is C14H17ClN4O2S. The van der Waals surface area contributed by atoms with E-state index in [1.54, 1.807) is 0 Å². The maximum atomic E-state index is 10.9. The highest BCUT2D eigenvalue weighted by Crippen LogP contribution is 2.21. The number of benzene rings is 1. The fraction of sp³-hybridized carbons (Fsp3) is 0.429. The van der Waals surface area contributed by atoms with Crippen molar-refractivity contribution in [2.75, 3.05) is 0 Å². The van der Waals surface area contributed by atoms with Crippen LogP contribution in [0.25, 0.3) is 0 Å². The van der Waals surface area contributed by atoms with E-state index in [2.05, 4.69) is 15.8 Å². The Labute approximate surface area is 139 Å². The summed E-state index contributed by atoms with van der Waals surface area (Å²) in [7, 11) is 0. The molecule has 118 valence electrons. The second kappa shape index (κ2) is 8.05. The highest BCUT2D eigenvalue weighted by molar-refractivity contribution is 7.80. The van der Waals surface area contributed by atoms with Gasteiger partial charge in [-0.2, -0.15) is 5.10 Å². The molecule has 0 heterocycles. The first-order valence-corrected chi connectivity index (χ1v) is 7.88. The molecule has 0 radical (unpaired) electrons. The molecule has 1 aromatic rings. The summed E-state index contributed by atoms with van der Waals surface area (Å²) >= 11 is 11.0. The van der Waals surface area contributed by atoms with Gasteiger partial charge in [-0.1, -0.05) is 30.9 Å². The monoisotopic (exact) mass is 340 g/mol. The molecule has 0 atom stereocenters. The molecule has 0 saturated heterocycles. The second-order valence-electron chi connectivity index (χ2n) is 5.14. The largest absolute Gasteiger partial charge is 0.359 e. The fourth-order valence-corrected chi connectivity index (χ4v) is 2.82. The fourth-order valence-electron chi connectivity index (χ4n) is 2.42. The van der Waals surface area contributed by atoms with Crippen LogP contribution >= 0.6 is 23.8 Å². The Morgan fingerprint density at radius 2 is 2.14 bits per heavy atom. The Balaban J connectivity index is 1.93. The third kappa shape index (κ3) is 4.92. The van der Waals surface area contributed by atoms with Crippen LogP contribution in [-0.2, 0) is 0 Å². The van der Waals surface area contributed by atoms with E-state index in [0.717, 1.165) is 12.8 Å². The summed E-state index contributed by atoms with van der Waals surface area (Å²) in [6.07, 6.45) is 7.24. The van der Waals surface area contributed by atoms with Crippen LogP contribution in [0.5, 0.6) is 0 Å². The van der Waals surface area contributed by atoms with Crippen molar-refractivity contribution in [1.29, 1.82) is 0 Å². The van der Waals surface area contributed by atoms with Gasteiger partial charge in [0.2, 0.25) is 0 Å². The van der Waals surface area contributed by atoms with Crippen LogP contribution in [0.15, 0.2) is 23.3 Å². The van der Waals surface area contributed by atoms with Crippen molar-refractivity contribution in [3.63, 3.8) is 0 Å². The molecule has 0 bridgehead atoms. The molecule has 0 spiro atoms. The van der Waals surface area contributed by atoms with Gasteiger partial charge in [0.15, 0.2) is 5.11 Å². The summed E-state index contributed by atoms with van der Waals surface area (Å²) in [6, 6.07) is 4.69. The molecule has 2 rings (SSSR count). The molecule has 1 aromatic carbocycles. The van der Waals surface area contributed by atoms with Gasteiger partial charge >= 0.3 is 0 Å². The molecule has 22 heavy (non-hydrogen) atoms. The first kappa shape index (κ1) is 16.6. The quantitative estimate of drug-likeness (QED) is 0.380. The Kier molecular flexibility index (Phi) is 6.09. The Morgan fingerprint density at radius 1 is 1.41 bits per heavy atom. The van der Waals surface area contributed by atoms with Crippen LogP contribution in [0.4, 0.5) is 5.69 Å². The van der Waals surface area contributed by atoms with Crippen molar-refractivity contribution in [3.05, 3.63) is 38.9 Å². The molecule has 2 N–H and O–H groups in total. The number of nitrogens with zero attached hydrogens (tertiary/aromatic N) is 2. The van der Waals surface area contributed by atoms with Crippen molar-refractivity contribution in [3.8, 4) is 0 Å². The average Bonchev–Trinajstić information content (AvgIpc) is 2.48. The lowest BCUT2D eigenvalue weighted by molar-refractivity contribution is -0.385. The summed E-state index contributed by atoms with van der Waals surface area (Å²) in [5.74, 6) is 0. The van der Waals surface area contributed by atoms with Crippen LogP contribution in [0.1, 0.15) is 37.7 Å². The van der Waals surface area contributed by atoms with E-state index in [0.29, 0.717) is 21.7 Å². The molecule has 8 heteroatoms. The Morgan fingerprint density at radius 3 is 2.82 bits per heavy atom. The van der Waals surface area contributed by atoms with Crippen molar-refractivity contribution in [1.82, 2.24) is 10.7 Å². The van der Waals surface area contributed by atoms with E-state index in [9.17, 15) is 10.1 Å². The molecule has 0 unspecified atom stereocenters. The van der Waals surface area contributed by atoms with Crippen LogP contribution < -0.4 is 10.7 Å². The lowest BCUT2D eigenvalue weighted by atomic mass is 9.96. The summed E-state index contributed by atoms with van der Waals surface area (Å²) < 4.78 is 0. The molecule has 1 aliphatic rings. The maximum Gasteiger partial charge on any atom is 0.278 e. The van der Waals surface area contributed by atoms with Crippen molar-refractivity contribution >= 4 is 40.8 Å². The predicted molar refractivity (Wildman–Crippen MR) is 91.4 cm³/mol. The van der Waals surface area contributed by atoms with E-state index in [1.807, 2.05) is 0 Å². The van der Waals surface area contributed by atoms with Gasteiger partial charge in [0.1, 0.15) is 0 Å². The number of halogens is 1. The van der Waals surface area contributed by atoms with Crippen molar-refractivity contribution < 1.29 is 4.92 Å². The lowest BCUT2D eigenvalue weighted by Gasteiger charge is -2.23. The normalized spacial score (nSPS) is 15.7. The number of nitro benzene ring substituents is 1. The Bertz CT molecular complexity index is 588. The predicted octanol–water partition coefficient (Wildman–Crippen LogP) is 3.38. The lowest BCUT2D eigenvalue weighted by Crippen LogP contribution is -2.40. The number of rotatable bonds is 4. The molecular weight excluding hydrogens is 324 g/mol. The van der Waals surface area contributed by atoms with Crippen molar-refractivity contribution in [2.24, 2.45) is 5.10 Å². The van der Waals surface area contributed by atoms with E-state index in [-0.39, 0.29) is 5.69 Å². The number of hydrogen-bond donors (Lipinski definition) is 2. The second-order valence-corrected chi connectivity index (χ2v) is 5.98. The third-order valence-corrected chi connectivity index (χ3v) is 3.94. The van der Waals surface area contributed by atoms with Gasteiger partial charge < -0.3 is 5.32 Å². The molecule has 0 aromatic heterocycles. The van der Waals surface area contributed by atoms with Crippen LogP contribution in [0.2, 0.25) is 5.02 Å². The summed E-state index contributed by atoms with van der Waals surface area (Å²) in [6.45, 7) is 0. The summed E-state index contributed by atoms with van der Waals surface area (Å²) in [5.41, 5.74) is 2.96. The van der Waals surface area contributed by atoms with Gasteiger partial charge in [-0.15, -0.1) is 0 Å². The average molecular weight is 341 g/mol. The molecule has 6 nitrogen and oxygen atoms in total. The molecule has 1 saturated carbocycles. The summed E-state index contributed by atoms with van der Waals surface area (Å²) in [4.78, 5) is 10.5. The smallest absolute Gasteiger partial charge is 0.278 e. The molecule has 0 aliphatic heterocycles. The Hall–Kier alpha value is -1.73. The van der Waals surface area contributed by atoms with E-state index in [1.165, 1.54) is 43.7 Å². The molecule has 0 amide bonds. The molecule has 1 aliphatic carbocycles. The van der Waals surface area contributed by atoms with E-state index in [4.69, 9.17) is 23.8 Å². The van der Waals surface area contributed by atoms with Crippen LogP contribution in [0, 0.1) is 10.1 Å². The highest BCUT2D eigenvalue weighted by atomic mass is 35.5. The number of hydrogen-bond acceptors (Lipinski definition) is 4. The number of nitrogens with one attached hydrogen (secondary N) is 2. The standard InChI is InChI=1S/C14H17ClN4O2S/c15-11-6-7-13(19(20)21)10(8-11)9-16-18-14(22)17-12-4-2-1-3-5-12/h6-9,12H,1-5H2,(H2,17,18,22). The van der Waals surface area contributed by atoms with Gasteiger partial charge in [0.05, 0.1) is 16.7 Å². The first-order valence-electron chi connectivity index (χ1n) is 7.10. The minimum atomic E-state index is -0.476. The zero-order valence-corrected chi connectivity index (χ0v) is 13.5. The van der Waals surface area contributed by atoms with Crippen LogP contribution in [0.3, 0.4) is 0 Å². The topological polar surface area (TPSA) is 79.6 Å². The zero-order valence-electron chi connectivity index (χ0n) is 11.9. The minimum absolute atomic E-state index is 0.0545. The molecule has 1 fully saturated rings. The number of hydrazone groups is 1. The van der Waals surface area contributed by atoms with Gasteiger partial charge in [0.25, 0.3) is 5.69 Å². The number of thiocarbonyl (C=S) groups is 1.